The Morgan fingerprint density at radius 2 is 2.00 bits per heavy atom. The van der Waals surface area contributed by atoms with E-state index >= 15 is 0 Å². The highest BCUT2D eigenvalue weighted by molar-refractivity contribution is 9.10. The Kier molecular flexibility index (Phi) is 6.09. The first-order chi connectivity index (χ1) is 16.8. The molecular weight excluding hydrogens is 540 g/mol. The van der Waals surface area contributed by atoms with Crippen LogP contribution in [-0.4, -0.2) is 65.3 Å². The molecule has 2 aromatic carbocycles. The summed E-state index contributed by atoms with van der Waals surface area (Å²) in [5.74, 6) is -0.936. The summed E-state index contributed by atoms with van der Waals surface area (Å²) in [6.07, 6.45) is 0. The Bertz CT molecular complexity index is 1530. The van der Waals surface area contributed by atoms with Crippen LogP contribution < -0.4 is 11.1 Å². The van der Waals surface area contributed by atoms with E-state index in [2.05, 4.69) is 36.2 Å². The number of sulfonamides is 1. The maximum Gasteiger partial charge on any atom is 0.266 e. The maximum atomic E-state index is 13.8. The Morgan fingerprint density at radius 1 is 1.20 bits per heavy atom. The summed E-state index contributed by atoms with van der Waals surface area (Å²) < 4.78 is 34.8. The summed E-state index contributed by atoms with van der Waals surface area (Å²) in [5, 5.41) is 3.03. The van der Waals surface area contributed by atoms with E-state index in [9.17, 15) is 18.0 Å². The van der Waals surface area contributed by atoms with E-state index in [-0.39, 0.29) is 36.9 Å². The summed E-state index contributed by atoms with van der Waals surface area (Å²) >= 11 is 3.33. The second-order valence-electron chi connectivity index (χ2n) is 8.01. The number of halogens is 1. The van der Waals surface area contributed by atoms with Gasteiger partial charge in [-0.1, -0.05) is 28.1 Å². The number of ether oxygens (including phenoxy) is 1. The number of aromatic nitrogens is 3. The molecule has 5 rings (SSSR count). The fourth-order valence-corrected chi connectivity index (χ4v) is 6.42. The van der Waals surface area contributed by atoms with Gasteiger partial charge in [-0.3, -0.25) is 9.59 Å². The first-order valence-corrected chi connectivity index (χ1v) is 12.9. The van der Waals surface area contributed by atoms with Crippen molar-refractivity contribution in [3.8, 4) is 0 Å². The number of carbonyl (C=O) groups is 2. The van der Waals surface area contributed by atoms with Crippen LogP contribution in [0.4, 0.5) is 0 Å². The minimum atomic E-state index is -4.32. The zero-order valence-electron chi connectivity index (χ0n) is 18.2. The quantitative estimate of drug-likeness (QED) is 0.280. The second-order valence-corrected chi connectivity index (χ2v) is 10.8. The average molecular weight is 561 g/mol. The molecule has 1 atom stereocenters. The molecule has 1 unspecified atom stereocenters. The van der Waals surface area contributed by atoms with Crippen molar-refractivity contribution in [2.75, 3.05) is 19.8 Å². The molecule has 0 bridgehead atoms. The Hall–Kier alpha value is -3.26. The highest BCUT2D eigenvalue weighted by Crippen LogP contribution is 2.33. The minimum Gasteiger partial charge on any atom is -0.378 e. The molecule has 2 amide bonds. The number of H-pyrrole nitrogens is 2. The number of nitrogens with zero attached hydrogens (tertiary/aromatic N) is 2. The first kappa shape index (κ1) is 23.5. The van der Waals surface area contributed by atoms with E-state index in [0.29, 0.717) is 21.2 Å². The van der Waals surface area contributed by atoms with Crippen LogP contribution in [0.5, 0.6) is 0 Å². The van der Waals surface area contributed by atoms with E-state index in [1.807, 2.05) is 24.3 Å². The number of imidazole rings is 1. The molecule has 1 aliphatic heterocycles. The zero-order valence-corrected chi connectivity index (χ0v) is 20.6. The van der Waals surface area contributed by atoms with Gasteiger partial charge in [0.05, 0.1) is 30.8 Å². The van der Waals surface area contributed by atoms with Crippen LogP contribution in [-0.2, 0) is 26.1 Å². The zero-order chi connectivity index (χ0) is 24.7. The normalized spacial score (nSPS) is 17.1. The highest BCUT2D eigenvalue weighted by atomic mass is 79.9. The molecule has 0 spiro atoms. The van der Waals surface area contributed by atoms with Gasteiger partial charge in [-0.25, -0.2) is 13.4 Å². The Balaban J connectivity index is 1.46. The van der Waals surface area contributed by atoms with Crippen molar-refractivity contribution in [2.24, 2.45) is 5.73 Å². The van der Waals surface area contributed by atoms with Crippen molar-refractivity contribution >= 4 is 59.7 Å². The lowest BCUT2D eigenvalue weighted by Gasteiger charge is -2.33. The van der Waals surface area contributed by atoms with Crippen LogP contribution in [0.1, 0.15) is 16.3 Å². The molecule has 0 saturated carbocycles. The SMILES string of the molecule is NC(=O)c1[nH]c2ccc(Br)cc2c1S(=O)(=O)N1CCOCC1C(=O)NCc1nc2ccccc2[nH]1. The van der Waals surface area contributed by atoms with Gasteiger partial charge in [0, 0.05) is 21.9 Å². The number of hydrogen-bond acceptors (Lipinski definition) is 6. The van der Waals surface area contributed by atoms with Gasteiger partial charge in [-0.2, -0.15) is 4.31 Å². The Morgan fingerprint density at radius 3 is 2.77 bits per heavy atom. The maximum absolute atomic E-state index is 13.8. The third-order valence-electron chi connectivity index (χ3n) is 5.78. The number of nitrogens with one attached hydrogen (secondary N) is 3. The van der Waals surface area contributed by atoms with Gasteiger partial charge in [0.1, 0.15) is 22.5 Å². The van der Waals surface area contributed by atoms with Crippen molar-refractivity contribution in [3.05, 3.63) is 58.5 Å². The molecule has 1 saturated heterocycles. The molecule has 3 heterocycles. The van der Waals surface area contributed by atoms with Gasteiger partial charge in [-0.15, -0.1) is 0 Å². The smallest absolute Gasteiger partial charge is 0.266 e. The number of hydrogen-bond donors (Lipinski definition) is 4. The largest absolute Gasteiger partial charge is 0.378 e. The highest BCUT2D eigenvalue weighted by Gasteiger charge is 2.41. The van der Waals surface area contributed by atoms with Crippen LogP contribution in [0.3, 0.4) is 0 Å². The number of carbonyl (C=O) groups excluding carboxylic acids is 2. The van der Waals surface area contributed by atoms with E-state index in [0.717, 1.165) is 15.3 Å². The van der Waals surface area contributed by atoms with Crippen molar-refractivity contribution < 1.29 is 22.7 Å². The van der Waals surface area contributed by atoms with Crippen molar-refractivity contribution in [3.63, 3.8) is 0 Å². The van der Waals surface area contributed by atoms with Crippen molar-refractivity contribution in [1.82, 2.24) is 24.6 Å². The molecule has 11 nitrogen and oxygen atoms in total. The molecule has 13 heteroatoms. The number of primary amides is 1. The monoisotopic (exact) mass is 560 g/mol. The van der Waals surface area contributed by atoms with Gasteiger partial charge in [-0.05, 0) is 30.3 Å². The van der Waals surface area contributed by atoms with Gasteiger partial charge >= 0.3 is 0 Å². The first-order valence-electron chi connectivity index (χ1n) is 10.7. The van der Waals surface area contributed by atoms with Gasteiger partial charge in [0.25, 0.3) is 5.91 Å². The lowest BCUT2D eigenvalue weighted by molar-refractivity contribution is -0.129. The van der Waals surface area contributed by atoms with Crippen molar-refractivity contribution in [2.45, 2.75) is 17.5 Å². The number of aromatic amines is 2. The van der Waals surface area contributed by atoms with Crippen LogP contribution >= 0.6 is 15.9 Å². The molecule has 0 radical (unpaired) electrons. The Labute approximate surface area is 208 Å². The standard InChI is InChI=1S/C22H21BrN6O5S/c23-12-5-6-14-13(9-12)20(19(28-14)21(24)30)35(32,33)29-7-8-34-11-17(29)22(31)25-10-18-26-15-3-1-2-4-16(15)27-18/h1-6,9,17,28H,7-8,10-11H2,(H2,24,30)(H,25,31)(H,26,27). The third-order valence-corrected chi connectivity index (χ3v) is 8.26. The van der Waals surface area contributed by atoms with Crippen LogP contribution in [0.25, 0.3) is 21.9 Å². The third kappa shape index (κ3) is 4.31. The van der Waals surface area contributed by atoms with Crippen LogP contribution in [0.15, 0.2) is 51.8 Å². The molecule has 2 aromatic heterocycles. The van der Waals surface area contributed by atoms with Gasteiger partial charge in [0.15, 0.2) is 0 Å². The molecule has 1 aliphatic rings. The fourth-order valence-electron chi connectivity index (χ4n) is 4.16. The molecule has 0 aliphatic carbocycles. The lowest BCUT2D eigenvalue weighted by atomic mass is 10.2. The fraction of sp³-hybridized carbons (Fsp3) is 0.227. The summed E-state index contributed by atoms with van der Waals surface area (Å²) in [4.78, 5) is 35.3. The average Bonchev–Trinajstić information content (AvgIpc) is 3.44. The van der Waals surface area contributed by atoms with E-state index in [1.54, 1.807) is 18.2 Å². The summed E-state index contributed by atoms with van der Waals surface area (Å²) in [7, 11) is -4.32. The second kappa shape index (κ2) is 9.07. The number of amides is 2. The summed E-state index contributed by atoms with van der Waals surface area (Å²) in [6.45, 7) is -0.0257. The van der Waals surface area contributed by atoms with Crippen molar-refractivity contribution in [1.29, 1.82) is 0 Å². The molecule has 5 N–H and O–H groups in total. The molecule has 1 fully saturated rings. The van der Waals surface area contributed by atoms with E-state index < -0.39 is 27.9 Å². The number of fused-ring (bicyclic) bond motifs is 2. The summed E-state index contributed by atoms with van der Waals surface area (Å²) in [5.41, 5.74) is 7.27. The predicted octanol–water partition coefficient (Wildman–Crippen LogP) is 1.61. The number of benzene rings is 2. The number of rotatable bonds is 6. The molecule has 182 valence electrons. The van der Waals surface area contributed by atoms with E-state index in [1.165, 1.54) is 0 Å². The van der Waals surface area contributed by atoms with Gasteiger partial charge in [0.2, 0.25) is 15.9 Å². The van der Waals surface area contributed by atoms with Crippen LogP contribution in [0, 0.1) is 0 Å². The number of morpholine rings is 1. The minimum absolute atomic E-state index is 0.0655. The summed E-state index contributed by atoms with van der Waals surface area (Å²) in [6, 6.07) is 11.2. The number of para-hydroxylation sites is 2. The molecule has 35 heavy (non-hydrogen) atoms. The topological polar surface area (TPSA) is 163 Å². The van der Waals surface area contributed by atoms with Gasteiger partial charge < -0.3 is 25.8 Å². The lowest BCUT2D eigenvalue weighted by Crippen LogP contribution is -2.55. The molecular formula is C22H21BrN6O5S. The van der Waals surface area contributed by atoms with E-state index in [4.69, 9.17) is 10.5 Å². The number of nitrogens with two attached hydrogens (primary N) is 1. The predicted molar refractivity (Wildman–Crippen MR) is 131 cm³/mol. The molecule has 4 aromatic rings. The van der Waals surface area contributed by atoms with Crippen LogP contribution in [0.2, 0.25) is 0 Å².